The Kier molecular flexibility index (Phi) is 6.67. The molecule has 1 aromatic rings. The molecule has 0 aromatic carbocycles. The van der Waals surface area contributed by atoms with E-state index in [1.165, 1.54) is 11.3 Å². The molecule has 0 aliphatic heterocycles. The van der Waals surface area contributed by atoms with Crippen LogP contribution in [-0.2, 0) is 0 Å². The highest BCUT2D eigenvalue weighted by atomic mass is 32.1. The Balaban J connectivity index is 2.32. The van der Waals surface area contributed by atoms with Crippen molar-refractivity contribution < 1.29 is 9.90 Å². The number of aromatic nitrogens is 1. The number of hydrogen-bond acceptors (Lipinski definition) is 5. The van der Waals surface area contributed by atoms with E-state index in [0.29, 0.717) is 18.0 Å². The van der Waals surface area contributed by atoms with Crippen molar-refractivity contribution in [2.45, 2.75) is 26.7 Å². The zero-order chi connectivity index (χ0) is 15.0. The molecule has 3 N–H and O–H groups in total. The van der Waals surface area contributed by atoms with Crippen LogP contribution in [0.3, 0.4) is 0 Å². The summed E-state index contributed by atoms with van der Waals surface area (Å²) < 4.78 is 0. The summed E-state index contributed by atoms with van der Waals surface area (Å²) in [7, 11) is 0. The van der Waals surface area contributed by atoms with Crippen LogP contribution in [0.2, 0.25) is 0 Å². The third-order valence-corrected chi connectivity index (χ3v) is 3.82. The normalized spacial score (nSPS) is 11.2. The zero-order valence-corrected chi connectivity index (χ0v) is 12.9. The van der Waals surface area contributed by atoms with Gasteiger partial charge in [-0.2, -0.15) is 0 Å². The van der Waals surface area contributed by atoms with Gasteiger partial charge in [-0.3, -0.25) is 4.79 Å². The molecule has 0 unspecified atom stereocenters. The predicted molar refractivity (Wildman–Crippen MR) is 83.2 cm³/mol. The first-order chi connectivity index (χ1) is 9.48. The minimum Gasteiger partial charge on any atom is -0.396 e. The number of carbonyl (C=O) groups excluding carboxylic acids is 1. The van der Waals surface area contributed by atoms with Gasteiger partial charge in [0, 0.05) is 19.7 Å². The minimum absolute atomic E-state index is 0.0863. The number of aliphatic hydroxyl groups excluding tert-OH is 1. The number of nitrogens with zero attached hydrogens (tertiary/aromatic N) is 1. The van der Waals surface area contributed by atoms with Crippen LogP contribution in [0.25, 0.3) is 0 Å². The fourth-order valence-corrected chi connectivity index (χ4v) is 2.29. The highest BCUT2D eigenvalue weighted by Gasteiger charge is 2.16. The number of nitrogens with one attached hydrogen (secondary N) is 2. The molecule has 0 atom stereocenters. The van der Waals surface area contributed by atoms with E-state index in [4.69, 9.17) is 5.11 Å². The van der Waals surface area contributed by atoms with Crippen LogP contribution >= 0.6 is 11.3 Å². The van der Waals surface area contributed by atoms with Crippen LogP contribution in [0.5, 0.6) is 0 Å². The molecule has 1 amide bonds. The largest absolute Gasteiger partial charge is 0.396 e. The lowest BCUT2D eigenvalue weighted by Crippen LogP contribution is -2.25. The first-order valence-corrected chi connectivity index (χ1v) is 7.50. The molecule has 0 spiro atoms. The molecular formula is C14H23N3O2S. The molecule has 0 saturated carbocycles. The third-order valence-electron chi connectivity index (χ3n) is 2.87. The Morgan fingerprint density at radius 3 is 3.00 bits per heavy atom. The summed E-state index contributed by atoms with van der Waals surface area (Å²) in [6.45, 7) is 9.03. The first kappa shape index (κ1) is 16.7. The molecule has 0 bridgehead atoms. The van der Waals surface area contributed by atoms with Gasteiger partial charge < -0.3 is 15.7 Å². The molecule has 1 aromatic heterocycles. The average molecular weight is 297 g/mol. The standard InChI is InChI=1S/C14H23N3O2S/c1-4-7-16-13-17-9-11(20-13)12(19)15-8-5-6-14(2,3)10-18/h4,9,18H,1,5-8,10H2,2-3H3,(H,15,19)(H,16,17). The fourth-order valence-electron chi connectivity index (χ4n) is 1.56. The quantitative estimate of drug-likeness (QED) is 0.483. The molecule has 0 radical (unpaired) electrons. The van der Waals surface area contributed by atoms with E-state index in [-0.39, 0.29) is 17.9 Å². The Bertz CT molecular complexity index is 443. The predicted octanol–water partition coefficient (Wildman–Crippen LogP) is 2.27. The number of aliphatic hydroxyl groups is 1. The highest BCUT2D eigenvalue weighted by Crippen LogP contribution is 2.21. The second kappa shape index (κ2) is 8.01. The monoisotopic (exact) mass is 297 g/mol. The van der Waals surface area contributed by atoms with E-state index in [1.54, 1.807) is 12.3 Å². The van der Waals surface area contributed by atoms with Gasteiger partial charge in [0.15, 0.2) is 5.13 Å². The van der Waals surface area contributed by atoms with Crippen molar-refractivity contribution in [3.8, 4) is 0 Å². The van der Waals surface area contributed by atoms with Crippen molar-refractivity contribution in [1.82, 2.24) is 10.3 Å². The number of thiazole rings is 1. The molecule has 1 rings (SSSR count). The van der Waals surface area contributed by atoms with Crippen LogP contribution < -0.4 is 10.6 Å². The van der Waals surface area contributed by atoms with Gasteiger partial charge in [-0.1, -0.05) is 31.3 Å². The van der Waals surface area contributed by atoms with Crippen LogP contribution in [0, 0.1) is 5.41 Å². The van der Waals surface area contributed by atoms with Crippen molar-refractivity contribution in [3.05, 3.63) is 23.7 Å². The maximum atomic E-state index is 11.9. The van der Waals surface area contributed by atoms with E-state index < -0.39 is 0 Å². The smallest absolute Gasteiger partial charge is 0.263 e. The molecular weight excluding hydrogens is 274 g/mol. The molecule has 6 heteroatoms. The Morgan fingerprint density at radius 1 is 1.60 bits per heavy atom. The maximum absolute atomic E-state index is 11.9. The zero-order valence-electron chi connectivity index (χ0n) is 12.1. The van der Waals surface area contributed by atoms with Crippen LogP contribution in [0.15, 0.2) is 18.9 Å². The fraction of sp³-hybridized carbons (Fsp3) is 0.571. The van der Waals surface area contributed by atoms with Gasteiger partial charge in [-0.05, 0) is 18.3 Å². The summed E-state index contributed by atoms with van der Waals surface area (Å²) in [6.07, 6.45) is 5.03. The van der Waals surface area contributed by atoms with Gasteiger partial charge >= 0.3 is 0 Å². The molecule has 0 saturated heterocycles. The van der Waals surface area contributed by atoms with Crippen LogP contribution in [0.1, 0.15) is 36.4 Å². The summed E-state index contributed by atoms with van der Waals surface area (Å²) in [4.78, 5) is 16.6. The Morgan fingerprint density at radius 2 is 2.35 bits per heavy atom. The van der Waals surface area contributed by atoms with E-state index >= 15 is 0 Å². The molecule has 0 fully saturated rings. The van der Waals surface area contributed by atoms with Crippen molar-refractivity contribution in [2.24, 2.45) is 5.41 Å². The van der Waals surface area contributed by atoms with Gasteiger partial charge in [0.25, 0.3) is 5.91 Å². The lowest BCUT2D eigenvalue weighted by atomic mass is 9.89. The van der Waals surface area contributed by atoms with Crippen molar-refractivity contribution in [1.29, 1.82) is 0 Å². The summed E-state index contributed by atoms with van der Waals surface area (Å²) in [5.41, 5.74) is -0.0863. The Hall–Kier alpha value is -1.40. The molecule has 0 aliphatic carbocycles. The summed E-state index contributed by atoms with van der Waals surface area (Å²) in [5, 5.41) is 15.8. The number of carbonyl (C=O) groups is 1. The molecule has 112 valence electrons. The van der Waals surface area contributed by atoms with Gasteiger partial charge in [0.2, 0.25) is 0 Å². The molecule has 20 heavy (non-hydrogen) atoms. The van der Waals surface area contributed by atoms with E-state index in [1.807, 2.05) is 13.8 Å². The lowest BCUT2D eigenvalue weighted by Gasteiger charge is -2.21. The average Bonchev–Trinajstić information content (AvgIpc) is 2.90. The number of anilines is 1. The van der Waals surface area contributed by atoms with Gasteiger partial charge in [-0.25, -0.2) is 4.98 Å². The number of amides is 1. The molecule has 5 nitrogen and oxygen atoms in total. The van der Waals surface area contributed by atoms with Crippen molar-refractivity contribution in [3.63, 3.8) is 0 Å². The summed E-state index contributed by atoms with van der Waals surface area (Å²) in [5.74, 6) is -0.101. The van der Waals surface area contributed by atoms with Gasteiger partial charge in [0.05, 0.1) is 6.20 Å². The number of rotatable bonds is 9. The Labute approximate surface area is 124 Å². The van der Waals surface area contributed by atoms with Crippen molar-refractivity contribution in [2.75, 3.05) is 25.0 Å². The topological polar surface area (TPSA) is 74.2 Å². The van der Waals surface area contributed by atoms with Gasteiger partial charge in [-0.15, -0.1) is 6.58 Å². The van der Waals surface area contributed by atoms with Crippen LogP contribution in [0.4, 0.5) is 5.13 Å². The van der Waals surface area contributed by atoms with Crippen LogP contribution in [-0.4, -0.2) is 35.7 Å². The third kappa shape index (κ3) is 5.71. The maximum Gasteiger partial charge on any atom is 0.263 e. The second-order valence-electron chi connectivity index (χ2n) is 5.38. The SMILES string of the molecule is C=CCNc1ncc(C(=O)NCCCC(C)(C)CO)s1. The van der Waals surface area contributed by atoms with Crippen molar-refractivity contribution >= 4 is 22.4 Å². The first-order valence-electron chi connectivity index (χ1n) is 6.68. The summed E-state index contributed by atoms with van der Waals surface area (Å²) in [6, 6.07) is 0. The highest BCUT2D eigenvalue weighted by molar-refractivity contribution is 7.17. The number of hydrogen-bond donors (Lipinski definition) is 3. The molecule has 1 heterocycles. The van der Waals surface area contributed by atoms with E-state index in [9.17, 15) is 4.79 Å². The summed E-state index contributed by atoms with van der Waals surface area (Å²) >= 11 is 1.33. The van der Waals surface area contributed by atoms with Gasteiger partial charge in [0.1, 0.15) is 4.88 Å². The minimum atomic E-state index is -0.101. The lowest BCUT2D eigenvalue weighted by molar-refractivity contribution is 0.0952. The molecule has 0 aliphatic rings. The van der Waals surface area contributed by atoms with E-state index in [0.717, 1.165) is 18.0 Å². The second-order valence-corrected chi connectivity index (χ2v) is 6.41. The van der Waals surface area contributed by atoms with E-state index in [2.05, 4.69) is 22.2 Å².